The number of benzene rings is 1. The predicted molar refractivity (Wildman–Crippen MR) is 125 cm³/mol. The molecule has 0 saturated heterocycles. The van der Waals surface area contributed by atoms with Crippen LogP contribution in [0.3, 0.4) is 0 Å². The van der Waals surface area contributed by atoms with Crippen LogP contribution in [-0.4, -0.2) is 28.5 Å². The zero-order valence-corrected chi connectivity index (χ0v) is 19.5. The van der Waals surface area contributed by atoms with Crippen LogP contribution in [0.4, 0.5) is 5.69 Å². The Labute approximate surface area is 190 Å². The molecule has 1 unspecified atom stereocenters. The van der Waals surface area contributed by atoms with E-state index >= 15 is 0 Å². The van der Waals surface area contributed by atoms with Crippen LogP contribution < -0.4 is 10.9 Å². The largest absolute Gasteiger partial charge is 0.465 e. The number of nitrogens with one attached hydrogen (secondary N) is 1. The maximum atomic E-state index is 13.2. The smallest absolute Gasteiger partial charge is 0.339 e. The maximum Gasteiger partial charge on any atom is 0.339 e. The fraction of sp³-hybridized carbons (Fsp3) is 0.417. The SMILES string of the molecule is COC(=O)c1ccccc1NC(=O)Cn1cnc2sc3c(c2c1=O)CCC(C(C)(C)C)C3. The van der Waals surface area contributed by atoms with Crippen molar-refractivity contribution in [1.82, 2.24) is 9.55 Å². The lowest BCUT2D eigenvalue weighted by atomic mass is 9.72. The number of aryl methyl sites for hydroxylation is 1. The fourth-order valence-corrected chi connectivity index (χ4v) is 5.54. The second-order valence-electron chi connectivity index (χ2n) is 9.25. The number of carbonyl (C=O) groups is 2. The molecule has 2 heterocycles. The summed E-state index contributed by atoms with van der Waals surface area (Å²) in [5.74, 6) is -0.382. The lowest BCUT2D eigenvalue weighted by Gasteiger charge is -2.33. The molecule has 1 amide bonds. The monoisotopic (exact) mass is 453 g/mol. The summed E-state index contributed by atoms with van der Waals surface area (Å²) < 4.78 is 6.10. The van der Waals surface area contributed by atoms with Crippen molar-refractivity contribution in [3.8, 4) is 0 Å². The number of rotatable bonds is 4. The molecule has 0 spiro atoms. The molecule has 4 rings (SSSR count). The van der Waals surface area contributed by atoms with E-state index in [9.17, 15) is 14.4 Å². The number of anilines is 1. The summed E-state index contributed by atoms with van der Waals surface area (Å²) in [6.07, 6.45) is 4.29. The number of aromatic nitrogens is 2. The van der Waals surface area contributed by atoms with Crippen molar-refractivity contribution in [2.75, 3.05) is 12.4 Å². The van der Waals surface area contributed by atoms with E-state index in [1.807, 2.05) is 0 Å². The average Bonchev–Trinajstić information content (AvgIpc) is 3.13. The Bertz CT molecular complexity index is 1250. The number of methoxy groups -OCH3 is 1. The summed E-state index contributed by atoms with van der Waals surface area (Å²) in [5, 5.41) is 3.34. The van der Waals surface area contributed by atoms with Crippen molar-refractivity contribution in [1.29, 1.82) is 0 Å². The van der Waals surface area contributed by atoms with E-state index in [0.717, 1.165) is 29.7 Å². The Kier molecular flexibility index (Phi) is 5.90. The molecule has 1 aliphatic rings. The third-order valence-corrected chi connectivity index (χ3v) is 7.34. The first kappa shape index (κ1) is 22.2. The zero-order valence-electron chi connectivity index (χ0n) is 18.7. The van der Waals surface area contributed by atoms with Gasteiger partial charge in [0.05, 0.1) is 30.1 Å². The minimum absolute atomic E-state index is 0.188. The summed E-state index contributed by atoms with van der Waals surface area (Å²) in [6, 6.07) is 6.59. The lowest BCUT2D eigenvalue weighted by molar-refractivity contribution is -0.116. The highest BCUT2D eigenvalue weighted by molar-refractivity contribution is 7.18. The van der Waals surface area contributed by atoms with E-state index in [1.165, 1.54) is 22.9 Å². The molecule has 1 N–H and O–H groups in total. The molecule has 7 nitrogen and oxygen atoms in total. The van der Waals surface area contributed by atoms with Crippen molar-refractivity contribution in [2.45, 2.75) is 46.6 Å². The first-order chi connectivity index (χ1) is 15.2. The third-order valence-electron chi connectivity index (χ3n) is 6.18. The minimum Gasteiger partial charge on any atom is -0.465 e. The molecule has 1 aromatic carbocycles. The molecule has 3 aromatic rings. The van der Waals surface area contributed by atoms with Crippen molar-refractivity contribution < 1.29 is 14.3 Å². The van der Waals surface area contributed by atoms with Crippen LogP contribution in [0.5, 0.6) is 0 Å². The first-order valence-corrected chi connectivity index (χ1v) is 11.5. The van der Waals surface area contributed by atoms with Crippen LogP contribution in [0.15, 0.2) is 35.4 Å². The van der Waals surface area contributed by atoms with Gasteiger partial charge >= 0.3 is 5.97 Å². The molecule has 32 heavy (non-hydrogen) atoms. The Morgan fingerprint density at radius 1 is 1.28 bits per heavy atom. The van der Waals surface area contributed by atoms with Gasteiger partial charge in [0.25, 0.3) is 5.56 Å². The first-order valence-electron chi connectivity index (χ1n) is 10.7. The number of nitrogens with zero attached hydrogens (tertiary/aromatic N) is 2. The van der Waals surface area contributed by atoms with Crippen LogP contribution >= 0.6 is 11.3 Å². The van der Waals surface area contributed by atoms with Crippen LogP contribution in [0.25, 0.3) is 10.2 Å². The molecule has 0 saturated carbocycles. The Balaban J connectivity index is 1.59. The van der Waals surface area contributed by atoms with Crippen molar-refractivity contribution in [3.63, 3.8) is 0 Å². The molecule has 2 aromatic heterocycles. The molecular weight excluding hydrogens is 426 g/mol. The van der Waals surface area contributed by atoms with Crippen LogP contribution in [0.1, 0.15) is 48.0 Å². The Morgan fingerprint density at radius 3 is 2.75 bits per heavy atom. The number of hydrogen-bond donors (Lipinski definition) is 1. The van der Waals surface area contributed by atoms with Gasteiger partial charge in [-0.1, -0.05) is 32.9 Å². The minimum atomic E-state index is -0.542. The predicted octanol–water partition coefficient (Wildman–Crippen LogP) is 4.03. The van der Waals surface area contributed by atoms with Gasteiger partial charge in [-0.3, -0.25) is 14.2 Å². The highest BCUT2D eigenvalue weighted by Gasteiger charge is 2.31. The van der Waals surface area contributed by atoms with E-state index in [-0.39, 0.29) is 23.1 Å². The number of esters is 1. The van der Waals surface area contributed by atoms with E-state index in [2.05, 4.69) is 31.1 Å². The normalized spacial score (nSPS) is 15.9. The van der Waals surface area contributed by atoms with Gasteiger partial charge in [0.1, 0.15) is 11.4 Å². The van der Waals surface area contributed by atoms with Crippen LogP contribution in [0.2, 0.25) is 0 Å². The summed E-state index contributed by atoms with van der Waals surface area (Å²) in [7, 11) is 1.28. The van der Waals surface area contributed by atoms with Crippen molar-refractivity contribution >= 4 is 39.1 Å². The van der Waals surface area contributed by atoms with Gasteiger partial charge in [-0.15, -0.1) is 11.3 Å². The summed E-state index contributed by atoms with van der Waals surface area (Å²) >= 11 is 1.60. The number of hydrogen-bond acceptors (Lipinski definition) is 6. The summed E-state index contributed by atoms with van der Waals surface area (Å²) in [5.41, 5.74) is 1.71. The molecule has 1 aliphatic carbocycles. The molecule has 0 fully saturated rings. The number of fused-ring (bicyclic) bond motifs is 3. The number of carbonyl (C=O) groups excluding carboxylic acids is 2. The third kappa shape index (κ3) is 4.19. The highest BCUT2D eigenvalue weighted by atomic mass is 32.1. The second-order valence-corrected chi connectivity index (χ2v) is 10.3. The van der Waals surface area contributed by atoms with Gasteiger partial charge in [0.2, 0.25) is 5.91 Å². The molecular formula is C24H27N3O4S. The van der Waals surface area contributed by atoms with Crippen molar-refractivity contribution in [2.24, 2.45) is 11.3 Å². The highest BCUT2D eigenvalue weighted by Crippen LogP contribution is 2.41. The maximum absolute atomic E-state index is 13.2. The van der Waals surface area contributed by atoms with Crippen LogP contribution in [-0.2, 0) is 28.9 Å². The topological polar surface area (TPSA) is 90.3 Å². The van der Waals surface area contributed by atoms with E-state index in [1.54, 1.807) is 35.6 Å². The summed E-state index contributed by atoms with van der Waals surface area (Å²) in [6.45, 7) is 6.60. The quantitative estimate of drug-likeness (QED) is 0.602. The number of para-hydroxylation sites is 1. The fourth-order valence-electron chi connectivity index (χ4n) is 4.28. The van der Waals surface area contributed by atoms with E-state index < -0.39 is 11.9 Å². The zero-order chi connectivity index (χ0) is 23.0. The molecule has 0 aliphatic heterocycles. The van der Waals surface area contributed by atoms with Gasteiger partial charge in [0, 0.05) is 4.88 Å². The number of amides is 1. The lowest BCUT2D eigenvalue weighted by Crippen LogP contribution is -2.29. The molecule has 1 atom stereocenters. The molecule has 0 bridgehead atoms. The molecule has 8 heteroatoms. The van der Waals surface area contributed by atoms with E-state index in [4.69, 9.17) is 4.74 Å². The second kappa shape index (κ2) is 8.50. The molecule has 168 valence electrons. The van der Waals surface area contributed by atoms with Gasteiger partial charge in [-0.2, -0.15) is 0 Å². The van der Waals surface area contributed by atoms with Crippen LogP contribution in [0, 0.1) is 11.3 Å². The Hall–Kier alpha value is -3.00. The van der Waals surface area contributed by atoms with Gasteiger partial charge < -0.3 is 10.1 Å². The summed E-state index contributed by atoms with van der Waals surface area (Å²) in [4.78, 5) is 44.3. The number of thiophene rings is 1. The average molecular weight is 454 g/mol. The Morgan fingerprint density at radius 2 is 2.03 bits per heavy atom. The van der Waals surface area contributed by atoms with Gasteiger partial charge in [-0.25, -0.2) is 9.78 Å². The standard InChI is InChI=1S/C24H27N3O4S/c1-24(2,3)14-9-10-16-18(11-14)32-21-20(16)22(29)27(13-25-21)12-19(28)26-17-8-6-5-7-15(17)23(30)31-4/h5-8,13-14H,9-12H2,1-4H3,(H,26,28). The number of ether oxygens (including phenoxy) is 1. The van der Waals surface area contributed by atoms with Crippen molar-refractivity contribution in [3.05, 3.63) is 57.0 Å². The van der Waals surface area contributed by atoms with Gasteiger partial charge in [0.15, 0.2) is 0 Å². The van der Waals surface area contributed by atoms with E-state index in [0.29, 0.717) is 17.0 Å². The van der Waals surface area contributed by atoms with Gasteiger partial charge in [-0.05, 0) is 48.3 Å². The molecule has 0 radical (unpaired) electrons.